The van der Waals surface area contributed by atoms with Crippen molar-refractivity contribution in [3.8, 4) is 0 Å². The minimum absolute atomic E-state index is 0.0213. The lowest BCUT2D eigenvalue weighted by molar-refractivity contribution is -0.140. The molecule has 2 saturated heterocycles. The van der Waals surface area contributed by atoms with Crippen molar-refractivity contribution in [3.05, 3.63) is 11.4 Å². The van der Waals surface area contributed by atoms with Crippen LogP contribution in [0.1, 0.15) is 64.7 Å². The van der Waals surface area contributed by atoms with E-state index in [1.165, 1.54) is 0 Å². The molecule has 174 valence electrons. The Morgan fingerprint density at radius 1 is 1.06 bits per heavy atom. The fourth-order valence-corrected chi connectivity index (χ4v) is 5.95. The van der Waals surface area contributed by atoms with Gasteiger partial charge in [-0.3, -0.25) is 29.5 Å². The smallest absolute Gasteiger partial charge is 0.334 e. The summed E-state index contributed by atoms with van der Waals surface area (Å²) in [5, 5.41) is 5.16. The number of imide groups is 3. The van der Waals surface area contributed by atoms with Gasteiger partial charge in [0.25, 0.3) is 11.8 Å². The number of carbonyl (C=O) groups is 5. The summed E-state index contributed by atoms with van der Waals surface area (Å²) in [6.45, 7) is 2.15. The summed E-state index contributed by atoms with van der Waals surface area (Å²) >= 11 is 0. The number of hydrogen-bond acceptors (Lipinski definition) is 7. The third-order valence-corrected chi connectivity index (χ3v) is 7.29. The summed E-state index contributed by atoms with van der Waals surface area (Å²) < 4.78 is 0. The number of nitrogens with two attached hydrogens (primary N) is 2. The molecular formula is C21H30N6O5. The lowest BCUT2D eigenvalue weighted by atomic mass is 9.50. The maximum Gasteiger partial charge on any atom is 0.334 e. The summed E-state index contributed by atoms with van der Waals surface area (Å²) in [6, 6.07) is -1.42. The van der Waals surface area contributed by atoms with Gasteiger partial charge in [-0.1, -0.05) is 13.3 Å². The van der Waals surface area contributed by atoms with Gasteiger partial charge in [0, 0.05) is 12.6 Å². The molecule has 0 aromatic rings. The Labute approximate surface area is 185 Å². The van der Waals surface area contributed by atoms with E-state index in [4.69, 9.17) is 11.5 Å². The lowest BCUT2D eigenvalue weighted by Crippen LogP contribution is -2.69. The van der Waals surface area contributed by atoms with Crippen molar-refractivity contribution in [2.45, 2.75) is 76.3 Å². The molecule has 4 aliphatic rings. The molecule has 7 amide bonds. The Morgan fingerprint density at radius 2 is 1.72 bits per heavy atom. The van der Waals surface area contributed by atoms with Crippen LogP contribution in [-0.4, -0.2) is 57.7 Å². The molecular weight excluding hydrogens is 416 g/mol. The van der Waals surface area contributed by atoms with Gasteiger partial charge in [0.15, 0.2) is 0 Å². The molecule has 0 unspecified atom stereocenters. The van der Waals surface area contributed by atoms with Crippen LogP contribution in [0.5, 0.6) is 0 Å². The third kappa shape index (κ3) is 3.59. The summed E-state index contributed by atoms with van der Waals surface area (Å²) in [5.74, 6) is -2.10. The maximum absolute atomic E-state index is 13.1. The van der Waals surface area contributed by atoms with E-state index < -0.39 is 29.4 Å². The van der Waals surface area contributed by atoms with Crippen molar-refractivity contribution in [2.75, 3.05) is 6.54 Å². The van der Waals surface area contributed by atoms with Gasteiger partial charge in [-0.15, -0.1) is 0 Å². The van der Waals surface area contributed by atoms with Gasteiger partial charge in [-0.2, -0.15) is 0 Å². The van der Waals surface area contributed by atoms with Crippen molar-refractivity contribution >= 4 is 29.8 Å². The summed E-state index contributed by atoms with van der Waals surface area (Å²) in [5.41, 5.74) is 10.4. The maximum atomic E-state index is 13.1. The van der Waals surface area contributed by atoms with Crippen LogP contribution < -0.4 is 22.1 Å². The Kier molecular flexibility index (Phi) is 5.38. The zero-order chi connectivity index (χ0) is 23.3. The number of barbiturate groups is 1. The molecule has 2 saturated carbocycles. The first-order valence-corrected chi connectivity index (χ1v) is 11.2. The molecule has 2 spiro atoms. The number of nitrogens with zero attached hydrogens (tertiary/aromatic N) is 2. The van der Waals surface area contributed by atoms with Gasteiger partial charge in [0.2, 0.25) is 5.91 Å². The Bertz CT molecular complexity index is 890. The van der Waals surface area contributed by atoms with Crippen LogP contribution in [0.15, 0.2) is 11.4 Å². The Balaban J connectivity index is 1.46. The average Bonchev–Trinajstić information content (AvgIpc) is 2.67. The molecule has 0 atom stereocenters. The molecule has 4 fully saturated rings. The molecule has 0 aromatic carbocycles. The van der Waals surface area contributed by atoms with Crippen LogP contribution in [0.3, 0.4) is 0 Å². The molecule has 6 N–H and O–H groups in total. The molecule has 4 rings (SSSR count). The molecule has 2 aliphatic heterocycles. The van der Waals surface area contributed by atoms with Gasteiger partial charge < -0.3 is 16.8 Å². The highest BCUT2D eigenvalue weighted by Crippen LogP contribution is 2.58. The number of unbranched alkanes of at least 4 members (excludes halogenated alkanes) is 1. The number of carbonyl (C=O) groups excluding carboxylic acids is 5. The van der Waals surface area contributed by atoms with E-state index in [1.807, 2.05) is 6.92 Å². The van der Waals surface area contributed by atoms with Crippen molar-refractivity contribution in [1.29, 1.82) is 0 Å². The lowest BCUT2D eigenvalue weighted by Gasteiger charge is -2.60. The van der Waals surface area contributed by atoms with Gasteiger partial charge in [0.1, 0.15) is 11.4 Å². The highest BCUT2D eigenvalue weighted by atomic mass is 16.2. The topological polar surface area (TPSA) is 168 Å². The zero-order valence-corrected chi connectivity index (χ0v) is 18.2. The van der Waals surface area contributed by atoms with Gasteiger partial charge in [0.05, 0.1) is 12.0 Å². The predicted octanol–water partition coefficient (Wildman–Crippen LogP) is 0.397. The van der Waals surface area contributed by atoms with E-state index in [0.717, 1.165) is 29.1 Å². The van der Waals surface area contributed by atoms with Gasteiger partial charge >= 0.3 is 12.1 Å². The standard InChI is InChI=1S/C21H30N6O5/c1-2-3-8-26-16(29)14(15(22)23)17(30)27(19(26)32)12-4-6-20(7-5-12)10-21(11-20)9-13(28)24-18(31)25-21/h12H,2-11,22-23H2,1H3,(H2,24,25,28,31). The second kappa shape index (κ2) is 7.79. The Hall–Kier alpha value is -3.11. The molecule has 2 heterocycles. The minimum atomic E-state index is -0.732. The molecule has 0 radical (unpaired) electrons. The fraction of sp³-hybridized carbons (Fsp3) is 0.667. The van der Waals surface area contributed by atoms with E-state index in [9.17, 15) is 24.0 Å². The second-order valence-electron chi connectivity index (χ2n) is 9.64. The predicted molar refractivity (Wildman–Crippen MR) is 112 cm³/mol. The van der Waals surface area contributed by atoms with Crippen LogP contribution in [0.2, 0.25) is 0 Å². The minimum Gasteiger partial charge on any atom is -0.385 e. The largest absolute Gasteiger partial charge is 0.385 e. The molecule has 11 nitrogen and oxygen atoms in total. The first-order valence-electron chi connectivity index (χ1n) is 11.2. The van der Waals surface area contributed by atoms with E-state index >= 15 is 0 Å². The van der Waals surface area contributed by atoms with Crippen LogP contribution >= 0.6 is 0 Å². The Morgan fingerprint density at radius 3 is 2.28 bits per heavy atom. The quantitative estimate of drug-likeness (QED) is 0.358. The summed E-state index contributed by atoms with van der Waals surface area (Å²) in [7, 11) is 0. The molecule has 2 aliphatic carbocycles. The van der Waals surface area contributed by atoms with Crippen molar-refractivity contribution in [3.63, 3.8) is 0 Å². The van der Waals surface area contributed by atoms with Crippen molar-refractivity contribution < 1.29 is 24.0 Å². The average molecular weight is 447 g/mol. The highest BCUT2D eigenvalue weighted by Gasteiger charge is 2.59. The highest BCUT2D eigenvalue weighted by molar-refractivity contribution is 6.29. The van der Waals surface area contributed by atoms with Crippen LogP contribution in [0.25, 0.3) is 0 Å². The molecule has 32 heavy (non-hydrogen) atoms. The van der Waals surface area contributed by atoms with Crippen molar-refractivity contribution in [2.24, 2.45) is 16.9 Å². The number of nitrogens with one attached hydrogen (secondary N) is 2. The van der Waals surface area contributed by atoms with E-state index in [0.29, 0.717) is 32.1 Å². The van der Waals surface area contributed by atoms with Crippen LogP contribution in [0, 0.1) is 5.41 Å². The van der Waals surface area contributed by atoms with Crippen LogP contribution in [-0.2, 0) is 14.4 Å². The van der Waals surface area contributed by atoms with E-state index in [2.05, 4.69) is 10.6 Å². The monoisotopic (exact) mass is 446 g/mol. The number of hydrogen-bond donors (Lipinski definition) is 4. The third-order valence-electron chi connectivity index (χ3n) is 7.29. The van der Waals surface area contributed by atoms with Gasteiger partial charge in [-0.05, 0) is 50.4 Å². The fourth-order valence-electron chi connectivity index (χ4n) is 5.95. The normalized spacial score (nSPS) is 32.8. The first-order chi connectivity index (χ1) is 15.1. The summed E-state index contributed by atoms with van der Waals surface area (Å²) in [6.07, 6.45) is 5.76. The summed E-state index contributed by atoms with van der Waals surface area (Å²) in [4.78, 5) is 64.5. The van der Waals surface area contributed by atoms with Gasteiger partial charge in [-0.25, -0.2) is 9.59 Å². The molecule has 0 bridgehead atoms. The van der Waals surface area contributed by atoms with Crippen LogP contribution in [0.4, 0.5) is 9.59 Å². The number of urea groups is 2. The number of amides is 7. The SMILES string of the molecule is CCCCN1C(=O)C(=C(N)N)C(=O)N(C2CCC3(CC2)CC2(CC(=O)NC(=O)N2)C3)C1=O. The van der Waals surface area contributed by atoms with E-state index in [-0.39, 0.29) is 41.7 Å². The second-order valence-corrected chi connectivity index (χ2v) is 9.64. The molecule has 11 heteroatoms. The van der Waals surface area contributed by atoms with E-state index in [1.54, 1.807) is 0 Å². The number of rotatable bonds is 4. The molecule has 0 aromatic heterocycles. The first kappa shape index (κ1) is 22.1. The zero-order valence-electron chi connectivity index (χ0n) is 18.2. The van der Waals surface area contributed by atoms with Crippen molar-refractivity contribution in [1.82, 2.24) is 20.4 Å².